The van der Waals surface area contributed by atoms with E-state index in [1.807, 2.05) is 19.1 Å². The largest absolute Gasteiger partial charge is 0.495 e. The fraction of sp³-hybridized carbons (Fsp3) is 0.400. The van der Waals surface area contributed by atoms with E-state index in [9.17, 15) is 9.59 Å². The minimum Gasteiger partial charge on any atom is -0.495 e. The smallest absolute Gasteiger partial charge is 0.313 e. The van der Waals surface area contributed by atoms with E-state index in [1.165, 1.54) is 12.0 Å². The summed E-state index contributed by atoms with van der Waals surface area (Å²) in [6.07, 6.45) is 4.39. The Balaban J connectivity index is 1.65. The van der Waals surface area contributed by atoms with Crippen molar-refractivity contribution in [2.45, 2.75) is 38.0 Å². The summed E-state index contributed by atoms with van der Waals surface area (Å²) in [4.78, 5) is 25.9. The Hall–Kier alpha value is -2.34. The Kier molecular flexibility index (Phi) is 5.61. The summed E-state index contributed by atoms with van der Waals surface area (Å²) in [5.41, 5.74) is 1.44. The number of methoxy groups -OCH3 is 1. The van der Waals surface area contributed by atoms with Crippen LogP contribution in [0.15, 0.2) is 35.7 Å². The lowest BCUT2D eigenvalue weighted by molar-refractivity contribution is -0.136. The summed E-state index contributed by atoms with van der Waals surface area (Å²) < 4.78 is 5.24. The highest BCUT2D eigenvalue weighted by Crippen LogP contribution is 2.42. The standard InChI is InChI=1S/C20H24N2O3S/c1-14-7-8-16(25-2)15(12-14)22-19(24)18(23)21-13-20(9-3-4-10-20)17-6-5-11-26-17/h5-8,11-12H,3-4,9-10,13H2,1-2H3,(H,21,23)(H,22,24). The zero-order chi connectivity index (χ0) is 18.6. The molecule has 1 aliphatic carbocycles. The van der Waals surface area contributed by atoms with Gasteiger partial charge in [0.25, 0.3) is 0 Å². The predicted molar refractivity (Wildman–Crippen MR) is 104 cm³/mol. The van der Waals surface area contributed by atoms with Crippen LogP contribution >= 0.6 is 11.3 Å². The zero-order valence-electron chi connectivity index (χ0n) is 15.1. The number of carbonyl (C=O) groups excluding carboxylic acids is 2. The molecule has 0 bridgehead atoms. The lowest BCUT2D eigenvalue weighted by Gasteiger charge is -2.28. The molecule has 1 aliphatic rings. The van der Waals surface area contributed by atoms with E-state index in [1.54, 1.807) is 23.5 Å². The van der Waals surface area contributed by atoms with E-state index < -0.39 is 11.8 Å². The lowest BCUT2D eigenvalue weighted by Crippen LogP contribution is -2.43. The van der Waals surface area contributed by atoms with Gasteiger partial charge in [0.15, 0.2) is 0 Å². The van der Waals surface area contributed by atoms with Crippen LogP contribution in [0.4, 0.5) is 5.69 Å². The first-order valence-electron chi connectivity index (χ1n) is 8.82. The molecule has 0 spiro atoms. The topological polar surface area (TPSA) is 67.4 Å². The molecular weight excluding hydrogens is 348 g/mol. The van der Waals surface area contributed by atoms with Crippen LogP contribution in [0.3, 0.4) is 0 Å². The van der Waals surface area contributed by atoms with E-state index in [-0.39, 0.29) is 5.41 Å². The maximum absolute atomic E-state index is 12.3. The molecule has 0 atom stereocenters. The molecule has 6 heteroatoms. The Morgan fingerprint density at radius 1 is 1.19 bits per heavy atom. The molecule has 0 aliphatic heterocycles. The van der Waals surface area contributed by atoms with E-state index in [0.717, 1.165) is 31.2 Å². The maximum Gasteiger partial charge on any atom is 0.313 e. The third-order valence-corrected chi connectivity index (χ3v) is 6.12. The molecule has 5 nitrogen and oxygen atoms in total. The van der Waals surface area contributed by atoms with Crippen molar-refractivity contribution >= 4 is 28.8 Å². The molecule has 2 amide bonds. The quantitative estimate of drug-likeness (QED) is 0.788. The van der Waals surface area contributed by atoms with Crippen LogP contribution in [0, 0.1) is 6.92 Å². The number of hydrogen-bond acceptors (Lipinski definition) is 4. The minimum absolute atomic E-state index is 0.0366. The predicted octanol–water partition coefficient (Wildman–Crippen LogP) is 3.63. The molecule has 1 heterocycles. The van der Waals surface area contributed by atoms with Crippen molar-refractivity contribution < 1.29 is 14.3 Å². The van der Waals surface area contributed by atoms with Gasteiger partial charge in [-0.25, -0.2) is 0 Å². The second kappa shape index (κ2) is 7.91. The highest BCUT2D eigenvalue weighted by molar-refractivity contribution is 7.10. The fourth-order valence-electron chi connectivity index (χ4n) is 3.57. The Labute approximate surface area is 157 Å². The summed E-state index contributed by atoms with van der Waals surface area (Å²) in [6, 6.07) is 9.61. The molecule has 0 unspecified atom stereocenters. The summed E-state index contributed by atoms with van der Waals surface area (Å²) in [6.45, 7) is 2.41. The van der Waals surface area contributed by atoms with Gasteiger partial charge in [-0.15, -0.1) is 11.3 Å². The van der Waals surface area contributed by atoms with Gasteiger partial charge < -0.3 is 15.4 Å². The summed E-state index contributed by atoms with van der Waals surface area (Å²) in [7, 11) is 1.53. The van der Waals surface area contributed by atoms with Gasteiger partial charge in [0, 0.05) is 16.8 Å². The molecule has 138 valence electrons. The van der Waals surface area contributed by atoms with Crippen molar-refractivity contribution in [2.24, 2.45) is 0 Å². The third kappa shape index (κ3) is 3.90. The van der Waals surface area contributed by atoms with Crippen LogP contribution in [0.2, 0.25) is 0 Å². The number of amides is 2. The number of thiophene rings is 1. The maximum atomic E-state index is 12.3. The Bertz CT molecular complexity index is 780. The van der Waals surface area contributed by atoms with Gasteiger partial charge in [0.05, 0.1) is 12.8 Å². The summed E-state index contributed by atoms with van der Waals surface area (Å²) in [5.74, 6) is -0.757. The molecule has 1 aromatic carbocycles. The average molecular weight is 372 g/mol. The van der Waals surface area contributed by atoms with E-state index in [0.29, 0.717) is 18.0 Å². The zero-order valence-corrected chi connectivity index (χ0v) is 15.9. The number of nitrogens with one attached hydrogen (secondary N) is 2. The van der Waals surface area contributed by atoms with E-state index >= 15 is 0 Å². The van der Waals surface area contributed by atoms with Crippen LogP contribution < -0.4 is 15.4 Å². The highest BCUT2D eigenvalue weighted by Gasteiger charge is 2.37. The Morgan fingerprint density at radius 3 is 2.62 bits per heavy atom. The summed E-state index contributed by atoms with van der Waals surface area (Å²) in [5, 5.41) is 7.56. The van der Waals surface area contributed by atoms with Crippen LogP contribution in [0.1, 0.15) is 36.1 Å². The first-order chi connectivity index (χ1) is 12.5. The van der Waals surface area contributed by atoms with Crippen molar-refractivity contribution in [3.8, 4) is 5.75 Å². The van der Waals surface area contributed by atoms with E-state index in [4.69, 9.17) is 4.74 Å². The van der Waals surface area contributed by atoms with Crippen LogP contribution in [-0.4, -0.2) is 25.5 Å². The molecule has 1 saturated carbocycles. The number of anilines is 1. The van der Waals surface area contributed by atoms with Crippen LogP contribution in [0.25, 0.3) is 0 Å². The average Bonchev–Trinajstić information content (AvgIpc) is 3.32. The van der Waals surface area contributed by atoms with E-state index in [2.05, 4.69) is 22.1 Å². The van der Waals surface area contributed by atoms with Crippen molar-refractivity contribution in [3.63, 3.8) is 0 Å². The first kappa shape index (κ1) is 18.5. The number of hydrogen-bond donors (Lipinski definition) is 2. The fourth-order valence-corrected chi connectivity index (χ4v) is 4.56. The monoisotopic (exact) mass is 372 g/mol. The van der Waals surface area contributed by atoms with Crippen LogP contribution in [0.5, 0.6) is 5.75 Å². The molecular formula is C20H24N2O3S. The van der Waals surface area contributed by atoms with Gasteiger partial charge in [-0.05, 0) is 48.9 Å². The Morgan fingerprint density at radius 2 is 1.96 bits per heavy atom. The van der Waals surface area contributed by atoms with Gasteiger partial charge in [-0.3, -0.25) is 9.59 Å². The molecule has 0 saturated heterocycles. The highest BCUT2D eigenvalue weighted by atomic mass is 32.1. The molecule has 0 radical (unpaired) electrons. The second-order valence-electron chi connectivity index (χ2n) is 6.81. The molecule has 2 aromatic rings. The van der Waals surface area contributed by atoms with Crippen molar-refractivity contribution in [1.82, 2.24) is 5.32 Å². The van der Waals surface area contributed by atoms with Gasteiger partial charge >= 0.3 is 11.8 Å². The van der Waals surface area contributed by atoms with Gasteiger partial charge in [-0.1, -0.05) is 25.0 Å². The molecule has 3 rings (SSSR count). The summed E-state index contributed by atoms with van der Waals surface area (Å²) >= 11 is 1.72. The second-order valence-corrected chi connectivity index (χ2v) is 7.75. The van der Waals surface area contributed by atoms with Gasteiger partial charge in [0.2, 0.25) is 0 Å². The van der Waals surface area contributed by atoms with Crippen molar-refractivity contribution in [2.75, 3.05) is 19.0 Å². The van der Waals surface area contributed by atoms with Crippen LogP contribution in [-0.2, 0) is 15.0 Å². The first-order valence-corrected chi connectivity index (χ1v) is 9.70. The number of aryl methyl sites for hydroxylation is 1. The number of benzene rings is 1. The normalized spacial score (nSPS) is 15.5. The molecule has 2 N–H and O–H groups in total. The van der Waals surface area contributed by atoms with Crippen molar-refractivity contribution in [1.29, 1.82) is 0 Å². The molecule has 1 aromatic heterocycles. The minimum atomic E-state index is -0.673. The number of rotatable bonds is 5. The van der Waals surface area contributed by atoms with Crippen molar-refractivity contribution in [3.05, 3.63) is 46.2 Å². The molecule has 26 heavy (non-hydrogen) atoms. The number of ether oxygens (including phenoxy) is 1. The van der Waals surface area contributed by atoms with Gasteiger partial charge in [0.1, 0.15) is 5.75 Å². The van der Waals surface area contributed by atoms with Gasteiger partial charge in [-0.2, -0.15) is 0 Å². The lowest BCUT2D eigenvalue weighted by atomic mass is 9.84. The SMILES string of the molecule is COc1ccc(C)cc1NC(=O)C(=O)NCC1(c2cccs2)CCCC1. The third-order valence-electron chi connectivity index (χ3n) is 5.00. The molecule has 1 fully saturated rings. The number of carbonyl (C=O) groups is 2.